The maximum absolute atomic E-state index is 14.1. The standard InChI is InChI=1S/C28H32FN5O4/c1-2-3-4-8-15-31-18-25-33(24(27(31)37)16-21-11-13-23(35)14-12-21)26(36)19-32(20-29)34(25)28(38)30-17-22-9-6-5-7-10-22/h1,5-7,9-14,24-25,35H,3-4,8,15-20H2,(H,30,38)/t24-,25-/m0/s1. The Hall–Kier alpha value is -4.10. The quantitative estimate of drug-likeness (QED) is 0.300. The van der Waals surface area contributed by atoms with Gasteiger partial charge in [0, 0.05) is 25.9 Å². The zero-order chi connectivity index (χ0) is 27.1. The molecule has 200 valence electrons. The van der Waals surface area contributed by atoms with Crippen LogP contribution in [0, 0.1) is 12.3 Å². The number of nitrogens with one attached hydrogen (secondary N) is 1. The first-order valence-corrected chi connectivity index (χ1v) is 12.7. The van der Waals surface area contributed by atoms with Crippen LogP contribution < -0.4 is 5.32 Å². The maximum Gasteiger partial charge on any atom is 0.334 e. The third-order valence-electron chi connectivity index (χ3n) is 6.83. The van der Waals surface area contributed by atoms with E-state index in [4.69, 9.17) is 6.42 Å². The van der Waals surface area contributed by atoms with Crippen molar-refractivity contribution in [1.29, 1.82) is 0 Å². The SMILES string of the molecule is C#CCCCCN1C[C@H]2N(C(=O)CN(CF)N2C(=O)NCc2ccccc2)[C@@H](Cc2ccc(O)cc2)C1=O. The van der Waals surface area contributed by atoms with Gasteiger partial charge in [0.1, 0.15) is 24.5 Å². The van der Waals surface area contributed by atoms with E-state index >= 15 is 0 Å². The second kappa shape index (κ2) is 12.4. The summed E-state index contributed by atoms with van der Waals surface area (Å²) in [7, 11) is 0. The van der Waals surface area contributed by atoms with E-state index in [1.165, 1.54) is 22.0 Å². The number of terminal acetylenes is 1. The molecule has 38 heavy (non-hydrogen) atoms. The number of alkyl halides is 1. The van der Waals surface area contributed by atoms with Crippen molar-refractivity contribution < 1.29 is 23.9 Å². The van der Waals surface area contributed by atoms with E-state index in [9.17, 15) is 23.9 Å². The van der Waals surface area contributed by atoms with E-state index in [1.807, 2.05) is 30.3 Å². The van der Waals surface area contributed by atoms with Crippen molar-refractivity contribution in [1.82, 2.24) is 25.1 Å². The number of hydrazine groups is 1. The van der Waals surface area contributed by atoms with Crippen molar-refractivity contribution in [2.75, 3.05) is 26.4 Å². The number of urea groups is 1. The lowest BCUT2D eigenvalue weighted by Crippen LogP contribution is -2.76. The molecule has 0 bridgehead atoms. The van der Waals surface area contributed by atoms with Crippen molar-refractivity contribution in [2.45, 2.75) is 44.4 Å². The molecular formula is C28H32FN5O4. The van der Waals surface area contributed by atoms with Crippen molar-refractivity contribution in [3.63, 3.8) is 0 Å². The third kappa shape index (κ3) is 6.06. The van der Waals surface area contributed by atoms with Gasteiger partial charge in [0.05, 0.1) is 6.54 Å². The molecule has 2 aromatic carbocycles. The Bertz CT molecular complexity index is 1170. The van der Waals surface area contributed by atoms with Gasteiger partial charge in [-0.1, -0.05) is 42.5 Å². The molecule has 0 radical (unpaired) electrons. The fourth-order valence-corrected chi connectivity index (χ4v) is 4.94. The highest BCUT2D eigenvalue weighted by molar-refractivity contribution is 5.91. The number of phenolic OH excluding ortho intramolecular Hbond substituents is 1. The molecule has 2 aliphatic rings. The number of hydrogen-bond donors (Lipinski definition) is 2. The second-order valence-corrected chi connectivity index (χ2v) is 9.39. The first kappa shape index (κ1) is 26.9. The van der Waals surface area contributed by atoms with Crippen LogP contribution in [0.4, 0.5) is 9.18 Å². The van der Waals surface area contributed by atoms with E-state index in [0.29, 0.717) is 19.4 Å². The minimum atomic E-state index is -1.03. The van der Waals surface area contributed by atoms with E-state index in [-0.39, 0.29) is 37.7 Å². The van der Waals surface area contributed by atoms with Crippen molar-refractivity contribution >= 4 is 17.8 Å². The molecule has 2 atom stereocenters. The monoisotopic (exact) mass is 521 g/mol. The summed E-state index contributed by atoms with van der Waals surface area (Å²) in [6.07, 6.45) is 6.65. The van der Waals surface area contributed by atoms with Crippen molar-refractivity contribution in [3.05, 3.63) is 65.7 Å². The second-order valence-electron chi connectivity index (χ2n) is 9.39. The number of amides is 4. The summed E-state index contributed by atoms with van der Waals surface area (Å²) in [5.41, 5.74) is 1.62. The predicted molar refractivity (Wildman–Crippen MR) is 139 cm³/mol. The van der Waals surface area contributed by atoms with Gasteiger partial charge in [-0.15, -0.1) is 12.3 Å². The molecule has 0 aromatic heterocycles. The van der Waals surface area contributed by atoms with Crippen LogP contribution >= 0.6 is 0 Å². The largest absolute Gasteiger partial charge is 0.508 e. The Balaban J connectivity index is 1.62. The van der Waals surface area contributed by atoms with E-state index < -0.39 is 30.9 Å². The summed E-state index contributed by atoms with van der Waals surface area (Å²) in [6.45, 7) is -0.717. The molecule has 2 N–H and O–H groups in total. The number of halogens is 1. The van der Waals surface area contributed by atoms with Crippen molar-refractivity contribution in [3.8, 4) is 18.1 Å². The molecule has 2 aliphatic heterocycles. The maximum atomic E-state index is 14.1. The number of carbonyl (C=O) groups excluding carboxylic acids is 3. The normalized spacial score (nSPS) is 19.7. The highest BCUT2D eigenvalue weighted by atomic mass is 19.1. The van der Waals surface area contributed by atoms with Crippen LogP contribution in [-0.2, 0) is 22.6 Å². The minimum Gasteiger partial charge on any atom is -0.508 e. The Kier molecular flexibility index (Phi) is 8.81. The van der Waals surface area contributed by atoms with Crippen LogP contribution in [0.15, 0.2) is 54.6 Å². The number of carbonyl (C=O) groups is 3. The molecule has 0 unspecified atom stereocenters. The average Bonchev–Trinajstić information content (AvgIpc) is 2.93. The fourth-order valence-electron chi connectivity index (χ4n) is 4.94. The lowest BCUT2D eigenvalue weighted by molar-refractivity contribution is -0.194. The summed E-state index contributed by atoms with van der Waals surface area (Å²) < 4.78 is 14.1. The average molecular weight is 522 g/mol. The lowest BCUT2D eigenvalue weighted by Gasteiger charge is -2.54. The van der Waals surface area contributed by atoms with E-state index in [0.717, 1.165) is 22.6 Å². The summed E-state index contributed by atoms with van der Waals surface area (Å²) in [4.78, 5) is 43.4. The number of piperazine rings is 1. The van der Waals surface area contributed by atoms with Gasteiger partial charge in [0.25, 0.3) is 0 Å². The molecule has 2 fully saturated rings. The number of nitrogens with zero attached hydrogens (tertiary/aromatic N) is 4. The minimum absolute atomic E-state index is 0.0575. The van der Waals surface area contributed by atoms with Crippen LogP contribution in [0.25, 0.3) is 0 Å². The van der Waals surface area contributed by atoms with Gasteiger partial charge in [0.2, 0.25) is 11.8 Å². The zero-order valence-corrected chi connectivity index (χ0v) is 21.1. The molecule has 0 spiro atoms. The first-order chi connectivity index (χ1) is 18.4. The van der Waals surface area contributed by atoms with Gasteiger partial charge in [-0.2, -0.15) is 5.01 Å². The van der Waals surface area contributed by atoms with Gasteiger partial charge in [-0.3, -0.25) is 9.59 Å². The Labute approximate surface area is 221 Å². The topological polar surface area (TPSA) is 96.4 Å². The Morgan fingerprint density at radius 2 is 1.82 bits per heavy atom. The summed E-state index contributed by atoms with van der Waals surface area (Å²) in [5.74, 6) is 2.02. The van der Waals surface area contributed by atoms with Gasteiger partial charge in [-0.25, -0.2) is 14.2 Å². The lowest BCUT2D eigenvalue weighted by atomic mass is 9.98. The number of hydrogen-bond acceptors (Lipinski definition) is 5. The van der Waals surface area contributed by atoms with Gasteiger partial charge >= 0.3 is 6.03 Å². The molecule has 2 heterocycles. The molecule has 4 rings (SSSR count). The summed E-state index contributed by atoms with van der Waals surface area (Å²) >= 11 is 0. The van der Waals surface area contributed by atoms with E-state index in [2.05, 4.69) is 11.2 Å². The molecule has 0 saturated carbocycles. The number of unbranched alkanes of at least 4 members (excludes halogenated alkanes) is 2. The van der Waals surface area contributed by atoms with Gasteiger partial charge < -0.3 is 20.2 Å². The van der Waals surface area contributed by atoms with Crippen LogP contribution in [0.2, 0.25) is 0 Å². The molecule has 2 aromatic rings. The van der Waals surface area contributed by atoms with Gasteiger partial charge in [-0.05, 0) is 36.1 Å². The van der Waals surface area contributed by atoms with Gasteiger partial charge in [0.15, 0.2) is 6.80 Å². The number of fused-ring (bicyclic) bond motifs is 1. The highest BCUT2D eigenvalue weighted by Gasteiger charge is 2.51. The number of benzene rings is 2. The van der Waals surface area contributed by atoms with E-state index in [1.54, 1.807) is 17.0 Å². The molecule has 9 nitrogen and oxygen atoms in total. The molecule has 4 amide bonds. The molecule has 10 heteroatoms. The summed E-state index contributed by atoms with van der Waals surface area (Å²) in [6, 6.07) is 14.3. The van der Waals surface area contributed by atoms with Crippen LogP contribution in [-0.4, -0.2) is 81.4 Å². The number of phenols is 1. The Morgan fingerprint density at radius 3 is 2.50 bits per heavy atom. The number of rotatable bonds is 9. The zero-order valence-electron chi connectivity index (χ0n) is 21.1. The fraction of sp³-hybridized carbons (Fsp3) is 0.393. The number of aromatic hydroxyl groups is 1. The molecular weight excluding hydrogens is 489 g/mol. The molecule has 2 saturated heterocycles. The highest BCUT2D eigenvalue weighted by Crippen LogP contribution is 2.29. The van der Waals surface area contributed by atoms with Crippen LogP contribution in [0.5, 0.6) is 5.75 Å². The molecule has 0 aliphatic carbocycles. The third-order valence-corrected chi connectivity index (χ3v) is 6.83. The van der Waals surface area contributed by atoms with Crippen LogP contribution in [0.3, 0.4) is 0 Å². The summed E-state index contributed by atoms with van der Waals surface area (Å²) in [5, 5.41) is 14.8. The first-order valence-electron chi connectivity index (χ1n) is 12.7. The Morgan fingerprint density at radius 1 is 1.08 bits per heavy atom. The predicted octanol–water partition coefficient (Wildman–Crippen LogP) is 2.47. The van der Waals surface area contributed by atoms with Crippen LogP contribution in [0.1, 0.15) is 30.4 Å². The van der Waals surface area contributed by atoms with Crippen molar-refractivity contribution in [2.24, 2.45) is 0 Å². The smallest absolute Gasteiger partial charge is 0.334 e.